The van der Waals surface area contributed by atoms with Crippen LogP contribution in [0.4, 0.5) is 5.69 Å². The summed E-state index contributed by atoms with van der Waals surface area (Å²) in [5.41, 5.74) is 6.27. The monoisotopic (exact) mass is 300 g/mol. The molecular weight excluding hydrogens is 288 g/mol. The summed E-state index contributed by atoms with van der Waals surface area (Å²) in [6, 6.07) is 5.13. The highest BCUT2D eigenvalue weighted by Gasteiger charge is 2.13. The molecule has 6 heteroatoms. The SMILES string of the molecule is CN(CCC(=O)O)c1ccc(Br)cc1C(N)=O. The van der Waals surface area contributed by atoms with E-state index >= 15 is 0 Å². The number of amides is 1. The van der Waals surface area contributed by atoms with Gasteiger partial charge in [0.25, 0.3) is 5.91 Å². The van der Waals surface area contributed by atoms with Crippen LogP contribution in [-0.4, -0.2) is 30.6 Å². The van der Waals surface area contributed by atoms with Crippen molar-refractivity contribution < 1.29 is 14.7 Å². The summed E-state index contributed by atoms with van der Waals surface area (Å²) >= 11 is 3.26. The highest BCUT2D eigenvalue weighted by atomic mass is 79.9. The molecule has 5 nitrogen and oxygen atoms in total. The highest BCUT2D eigenvalue weighted by Crippen LogP contribution is 2.23. The van der Waals surface area contributed by atoms with Crippen LogP contribution in [0.2, 0.25) is 0 Å². The van der Waals surface area contributed by atoms with Crippen molar-refractivity contribution in [3.05, 3.63) is 28.2 Å². The lowest BCUT2D eigenvalue weighted by Crippen LogP contribution is -2.24. The Labute approximate surface area is 107 Å². The van der Waals surface area contributed by atoms with E-state index in [4.69, 9.17) is 10.8 Å². The maximum Gasteiger partial charge on any atom is 0.305 e. The molecule has 17 heavy (non-hydrogen) atoms. The van der Waals surface area contributed by atoms with Crippen LogP contribution in [0.1, 0.15) is 16.8 Å². The van der Waals surface area contributed by atoms with Crippen LogP contribution in [-0.2, 0) is 4.79 Å². The Kier molecular flexibility index (Phi) is 4.51. The van der Waals surface area contributed by atoms with E-state index in [1.807, 2.05) is 0 Å². The zero-order valence-electron chi connectivity index (χ0n) is 9.31. The fourth-order valence-electron chi connectivity index (χ4n) is 1.42. The standard InChI is InChI=1S/C11H13BrN2O3/c1-14(5-4-10(15)16)9-3-2-7(12)6-8(9)11(13)17/h2-3,6H,4-5H2,1H3,(H2,13,17)(H,15,16). The Balaban J connectivity index is 2.96. The third-order valence-electron chi connectivity index (χ3n) is 2.30. The number of carbonyl (C=O) groups is 2. The molecule has 0 fully saturated rings. The highest BCUT2D eigenvalue weighted by molar-refractivity contribution is 9.10. The van der Waals surface area contributed by atoms with Crippen molar-refractivity contribution in [3.8, 4) is 0 Å². The van der Waals surface area contributed by atoms with Gasteiger partial charge in [0.2, 0.25) is 0 Å². The Bertz CT molecular complexity index is 448. The minimum Gasteiger partial charge on any atom is -0.481 e. The molecule has 1 aromatic rings. The summed E-state index contributed by atoms with van der Waals surface area (Å²) in [4.78, 5) is 23.5. The molecule has 3 N–H and O–H groups in total. The van der Waals surface area contributed by atoms with E-state index in [9.17, 15) is 9.59 Å². The quantitative estimate of drug-likeness (QED) is 0.862. The molecule has 1 aromatic carbocycles. The van der Waals surface area contributed by atoms with Crippen LogP contribution < -0.4 is 10.6 Å². The number of carboxylic acids is 1. The first kappa shape index (κ1) is 13.5. The van der Waals surface area contributed by atoms with Crippen molar-refractivity contribution in [3.63, 3.8) is 0 Å². The number of benzene rings is 1. The molecule has 0 bridgehead atoms. The van der Waals surface area contributed by atoms with E-state index in [0.29, 0.717) is 17.8 Å². The van der Waals surface area contributed by atoms with Crippen LogP contribution in [0.3, 0.4) is 0 Å². The van der Waals surface area contributed by atoms with Gasteiger partial charge in [-0.2, -0.15) is 0 Å². The summed E-state index contributed by atoms with van der Waals surface area (Å²) < 4.78 is 0.752. The molecule has 0 radical (unpaired) electrons. The van der Waals surface area contributed by atoms with Gasteiger partial charge in [0.05, 0.1) is 12.0 Å². The number of rotatable bonds is 5. The maximum atomic E-state index is 11.3. The van der Waals surface area contributed by atoms with Crippen molar-refractivity contribution >= 4 is 33.5 Å². The molecule has 0 saturated carbocycles. The number of hydrogen-bond acceptors (Lipinski definition) is 3. The van der Waals surface area contributed by atoms with Gasteiger partial charge in [-0.3, -0.25) is 9.59 Å². The number of nitrogens with zero attached hydrogens (tertiary/aromatic N) is 1. The van der Waals surface area contributed by atoms with Gasteiger partial charge in [-0.05, 0) is 18.2 Å². The summed E-state index contributed by atoms with van der Waals surface area (Å²) in [6.45, 7) is 0.317. The molecule has 0 aromatic heterocycles. The Morgan fingerprint density at radius 1 is 1.47 bits per heavy atom. The predicted molar refractivity (Wildman–Crippen MR) is 68.2 cm³/mol. The van der Waals surface area contributed by atoms with Gasteiger partial charge in [0.1, 0.15) is 0 Å². The maximum absolute atomic E-state index is 11.3. The lowest BCUT2D eigenvalue weighted by atomic mass is 10.1. The first-order chi connectivity index (χ1) is 7.91. The molecule has 1 rings (SSSR count). The molecule has 0 aliphatic carbocycles. The average molecular weight is 301 g/mol. The van der Waals surface area contributed by atoms with E-state index in [2.05, 4.69) is 15.9 Å². The molecule has 0 heterocycles. The van der Waals surface area contributed by atoms with Crippen LogP contribution in [0.15, 0.2) is 22.7 Å². The van der Waals surface area contributed by atoms with Gasteiger partial charge in [0, 0.05) is 23.8 Å². The second-order valence-corrected chi connectivity index (χ2v) is 4.51. The predicted octanol–water partition coefficient (Wildman–Crippen LogP) is 1.46. The minimum absolute atomic E-state index is 0.00473. The van der Waals surface area contributed by atoms with Crippen LogP contribution in [0.25, 0.3) is 0 Å². The number of nitrogens with two attached hydrogens (primary N) is 1. The molecule has 0 atom stereocenters. The van der Waals surface area contributed by atoms with Gasteiger partial charge in [-0.1, -0.05) is 15.9 Å². The fourth-order valence-corrected chi connectivity index (χ4v) is 1.78. The molecular formula is C11H13BrN2O3. The van der Waals surface area contributed by atoms with E-state index in [0.717, 1.165) is 4.47 Å². The third kappa shape index (κ3) is 3.74. The normalized spacial score (nSPS) is 10.0. The lowest BCUT2D eigenvalue weighted by molar-refractivity contribution is -0.136. The van der Waals surface area contributed by atoms with E-state index in [-0.39, 0.29) is 6.42 Å². The average Bonchev–Trinajstić information content (AvgIpc) is 2.25. The Morgan fingerprint density at radius 3 is 2.65 bits per heavy atom. The van der Waals surface area contributed by atoms with Gasteiger partial charge in [-0.15, -0.1) is 0 Å². The molecule has 1 amide bonds. The molecule has 92 valence electrons. The molecule has 0 unspecified atom stereocenters. The van der Waals surface area contributed by atoms with Crippen molar-refractivity contribution in [2.24, 2.45) is 5.73 Å². The van der Waals surface area contributed by atoms with Gasteiger partial charge in [-0.25, -0.2) is 0 Å². The number of carbonyl (C=O) groups excluding carboxylic acids is 1. The van der Waals surface area contributed by atoms with Crippen molar-refractivity contribution in [1.29, 1.82) is 0 Å². The Hall–Kier alpha value is -1.56. The number of primary amides is 1. The second-order valence-electron chi connectivity index (χ2n) is 3.59. The summed E-state index contributed by atoms with van der Waals surface area (Å²) in [5.74, 6) is -1.42. The van der Waals surface area contributed by atoms with Crippen LogP contribution >= 0.6 is 15.9 Å². The summed E-state index contributed by atoms with van der Waals surface area (Å²) in [7, 11) is 1.72. The lowest BCUT2D eigenvalue weighted by Gasteiger charge is -2.20. The largest absolute Gasteiger partial charge is 0.481 e. The van der Waals surface area contributed by atoms with E-state index < -0.39 is 11.9 Å². The van der Waals surface area contributed by atoms with Crippen molar-refractivity contribution in [1.82, 2.24) is 0 Å². The smallest absolute Gasteiger partial charge is 0.305 e. The molecule has 0 aliphatic heterocycles. The molecule has 0 saturated heterocycles. The van der Waals surface area contributed by atoms with Crippen molar-refractivity contribution in [2.45, 2.75) is 6.42 Å². The van der Waals surface area contributed by atoms with Crippen LogP contribution in [0.5, 0.6) is 0 Å². The number of hydrogen-bond donors (Lipinski definition) is 2. The zero-order chi connectivity index (χ0) is 13.0. The molecule has 0 aliphatic rings. The summed E-state index contributed by atoms with van der Waals surface area (Å²) in [6.07, 6.45) is 0.00473. The minimum atomic E-state index is -0.880. The number of aliphatic carboxylic acids is 1. The second kappa shape index (κ2) is 5.67. The fraction of sp³-hybridized carbons (Fsp3) is 0.273. The van der Waals surface area contributed by atoms with Crippen LogP contribution in [0, 0.1) is 0 Å². The third-order valence-corrected chi connectivity index (χ3v) is 2.79. The topological polar surface area (TPSA) is 83.6 Å². The van der Waals surface area contributed by atoms with Gasteiger partial charge in [0.15, 0.2) is 0 Å². The van der Waals surface area contributed by atoms with E-state index in [1.54, 1.807) is 30.1 Å². The van der Waals surface area contributed by atoms with Gasteiger partial charge < -0.3 is 15.7 Å². The van der Waals surface area contributed by atoms with Gasteiger partial charge >= 0.3 is 5.97 Å². The zero-order valence-corrected chi connectivity index (χ0v) is 10.9. The number of halogens is 1. The molecule has 0 spiro atoms. The number of anilines is 1. The first-order valence-electron chi connectivity index (χ1n) is 4.94. The first-order valence-corrected chi connectivity index (χ1v) is 5.73. The number of carboxylic acid groups (broad SMARTS) is 1. The Morgan fingerprint density at radius 2 is 2.12 bits per heavy atom. The summed E-state index contributed by atoms with van der Waals surface area (Å²) in [5, 5.41) is 8.61. The van der Waals surface area contributed by atoms with Crippen molar-refractivity contribution in [2.75, 3.05) is 18.5 Å². The van der Waals surface area contributed by atoms with E-state index in [1.165, 1.54) is 0 Å².